The first-order chi connectivity index (χ1) is 14.7. The molecule has 13 heteroatoms. The molecule has 182 valence electrons. The Labute approximate surface area is 185 Å². The Morgan fingerprint density at radius 3 is 2.19 bits per heavy atom. The third-order valence-corrected chi connectivity index (χ3v) is 8.07. The highest BCUT2D eigenvalue weighted by molar-refractivity contribution is 6.76. The standard InChI is InChI=1S/C19H30F3N3O6Si/c1-32(2,3)5-4-25(18(28)29)13-9-14-12(8-15(13)30-14)17(27)24-23-16(26)10-6-11(7-10)31-19(20,21)22/h10-15H,4-9H2,1-3H3,(H,23,26)(H,24,27)(H,28,29). The van der Waals surface area contributed by atoms with Crippen LogP contribution in [0.1, 0.15) is 25.7 Å². The van der Waals surface area contributed by atoms with E-state index in [-0.39, 0.29) is 25.0 Å². The van der Waals surface area contributed by atoms with Crippen LogP contribution in [0.4, 0.5) is 18.0 Å². The molecule has 0 spiro atoms. The summed E-state index contributed by atoms with van der Waals surface area (Å²) in [5.74, 6) is -2.19. The van der Waals surface area contributed by atoms with E-state index < -0.39 is 56.4 Å². The number of carbonyl (C=O) groups excluding carboxylic acids is 2. The molecule has 3 aliphatic rings. The Bertz CT molecular complexity index is 741. The molecule has 2 saturated heterocycles. The minimum atomic E-state index is -4.73. The molecular weight excluding hydrogens is 451 g/mol. The number of nitrogens with zero attached hydrogens (tertiary/aromatic N) is 1. The molecule has 1 aliphatic carbocycles. The first-order valence-electron chi connectivity index (χ1n) is 10.7. The highest BCUT2D eigenvalue weighted by Crippen LogP contribution is 2.42. The lowest BCUT2D eigenvalue weighted by Gasteiger charge is -2.34. The van der Waals surface area contributed by atoms with Crippen LogP contribution in [0.3, 0.4) is 0 Å². The molecule has 2 aliphatic heterocycles. The Hall–Kier alpha value is -1.86. The number of fused-ring (bicyclic) bond motifs is 2. The number of hydrazine groups is 1. The zero-order chi connectivity index (χ0) is 23.8. The minimum absolute atomic E-state index is 0.0669. The number of carboxylic acid groups (broad SMARTS) is 1. The number of hydrogen-bond acceptors (Lipinski definition) is 5. The van der Waals surface area contributed by atoms with Gasteiger partial charge in [-0.2, -0.15) is 0 Å². The second-order valence-electron chi connectivity index (χ2n) is 9.98. The maximum atomic E-state index is 12.5. The average molecular weight is 482 g/mol. The smallest absolute Gasteiger partial charge is 0.465 e. The van der Waals surface area contributed by atoms with E-state index in [2.05, 4.69) is 35.2 Å². The Kier molecular flexibility index (Phi) is 7.10. The lowest BCUT2D eigenvalue weighted by atomic mass is 9.82. The number of nitrogens with one attached hydrogen (secondary N) is 2. The molecule has 3 fully saturated rings. The topological polar surface area (TPSA) is 117 Å². The van der Waals surface area contributed by atoms with Crippen molar-refractivity contribution in [3.8, 4) is 0 Å². The van der Waals surface area contributed by atoms with Gasteiger partial charge in [0, 0.05) is 20.5 Å². The van der Waals surface area contributed by atoms with Gasteiger partial charge in [-0.15, -0.1) is 13.2 Å². The molecule has 3 N–H and O–H groups in total. The molecule has 4 unspecified atom stereocenters. The summed E-state index contributed by atoms with van der Waals surface area (Å²) in [6, 6.07) is 0.534. The van der Waals surface area contributed by atoms with Gasteiger partial charge in [0.05, 0.1) is 30.3 Å². The number of ether oxygens (including phenoxy) is 2. The number of hydrogen-bond donors (Lipinski definition) is 3. The molecule has 1 saturated carbocycles. The van der Waals surface area contributed by atoms with Crippen molar-refractivity contribution >= 4 is 26.0 Å². The van der Waals surface area contributed by atoms with Crippen LogP contribution in [0.25, 0.3) is 0 Å². The van der Waals surface area contributed by atoms with Crippen LogP contribution in [0, 0.1) is 11.8 Å². The van der Waals surface area contributed by atoms with Crippen molar-refractivity contribution in [2.45, 2.75) is 82.1 Å². The van der Waals surface area contributed by atoms with Crippen LogP contribution >= 0.6 is 0 Å². The summed E-state index contributed by atoms with van der Waals surface area (Å²) < 4.78 is 46.1. The SMILES string of the molecule is C[Si](C)(C)CCN(C(=O)O)C1CC2OC1CC2C(=O)NNC(=O)C1CC(OC(F)(F)F)C1. The average Bonchev–Trinajstić information content (AvgIpc) is 3.21. The van der Waals surface area contributed by atoms with E-state index >= 15 is 0 Å². The molecule has 9 nitrogen and oxygen atoms in total. The van der Waals surface area contributed by atoms with Gasteiger partial charge in [0.1, 0.15) is 0 Å². The summed E-state index contributed by atoms with van der Waals surface area (Å²) in [6.45, 7) is 6.96. The molecule has 2 bridgehead atoms. The van der Waals surface area contributed by atoms with E-state index in [1.165, 1.54) is 4.90 Å². The van der Waals surface area contributed by atoms with E-state index in [1.54, 1.807) is 0 Å². The van der Waals surface area contributed by atoms with Crippen LogP contribution < -0.4 is 10.9 Å². The predicted molar refractivity (Wildman–Crippen MR) is 108 cm³/mol. The Morgan fingerprint density at radius 1 is 1.06 bits per heavy atom. The third kappa shape index (κ3) is 6.13. The molecule has 4 atom stereocenters. The number of rotatable bonds is 7. The van der Waals surface area contributed by atoms with Crippen LogP contribution in [-0.4, -0.2) is 73.2 Å². The van der Waals surface area contributed by atoms with Crippen molar-refractivity contribution in [2.24, 2.45) is 11.8 Å². The van der Waals surface area contributed by atoms with Gasteiger partial charge < -0.3 is 14.7 Å². The largest absolute Gasteiger partial charge is 0.522 e. The molecule has 0 radical (unpaired) electrons. The summed E-state index contributed by atoms with van der Waals surface area (Å²) in [5.41, 5.74) is 4.59. The summed E-state index contributed by atoms with van der Waals surface area (Å²) in [6.07, 6.45) is -6.97. The van der Waals surface area contributed by atoms with E-state index in [9.17, 15) is 32.7 Å². The van der Waals surface area contributed by atoms with Crippen LogP contribution in [0.15, 0.2) is 0 Å². The molecule has 3 amide bonds. The third-order valence-electron chi connectivity index (χ3n) is 6.35. The van der Waals surface area contributed by atoms with Crippen LogP contribution in [0.5, 0.6) is 0 Å². The van der Waals surface area contributed by atoms with Crippen LogP contribution in [0.2, 0.25) is 25.7 Å². The van der Waals surface area contributed by atoms with E-state index in [0.29, 0.717) is 19.4 Å². The maximum Gasteiger partial charge on any atom is 0.522 e. The van der Waals surface area contributed by atoms with Gasteiger partial charge in [-0.05, 0) is 31.7 Å². The van der Waals surface area contributed by atoms with Crippen molar-refractivity contribution in [3.05, 3.63) is 0 Å². The first kappa shape index (κ1) is 24.8. The van der Waals surface area contributed by atoms with E-state index in [0.717, 1.165) is 6.04 Å². The predicted octanol–water partition coefficient (Wildman–Crippen LogP) is 2.31. The van der Waals surface area contributed by atoms with Crippen molar-refractivity contribution in [1.29, 1.82) is 0 Å². The molecule has 2 heterocycles. The molecule has 32 heavy (non-hydrogen) atoms. The lowest BCUT2D eigenvalue weighted by molar-refractivity contribution is -0.353. The summed E-state index contributed by atoms with van der Waals surface area (Å²) in [5, 5.41) is 9.63. The van der Waals surface area contributed by atoms with Gasteiger partial charge >= 0.3 is 12.5 Å². The fourth-order valence-corrected chi connectivity index (χ4v) is 5.39. The summed E-state index contributed by atoms with van der Waals surface area (Å²) in [7, 11) is -1.43. The Morgan fingerprint density at radius 2 is 1.69 bits per heavy atom. The number of carbonyl (C=O) groups is 3. The second kappa shape index (κ2) is 9.18. The van der Waals surface area contributed by atoms with Crippen molar-refractivity contribution in [1.82, 2.24) is 15.8 Å². The normalized spacial score (nSPS) is 31.7. The summed E-state index contributed by atoms with van der Waals surface area (Å²) >= 11 is 0. The monoisotopic (exact) mass is 481 g/mol. The van der Waals surface area contributed by atoms with Crippen molar-refractivity contribution in [3.63, 3.8) is 0 Å². The van der Waals surface area contributed by atoms with Gasteiger partial charge in [0.25, 0.3) is 0 Å². The fourth-order valence-electron chi connectivity index (χ4n) is 4.48. The van der Waals surface area contributed by atoms with Gasteiger partial charge in [0.15, 0.2) is 0 Å². The van der Waals surface area contributed by atoms with Gasteiger partial charge in [-0.1, -0.05) is 19.6 Å². The van der Waals surface area contributed by atoms with Crippen LogP contribution in [-0.2, 0) is 19.1 Å². The quantitative estimate of drug-likeness (QED) is 0.380. The first-order valence-corrected chi connectivity index (χ1v) is 14.4. The number of amides is 3. The highest BCUT2D eigenvalue weighted by Gasteiger charge is 2.53. The molecule has 3 rings (SSSR count). The molecule has 0 aromatic carbocycles. The van der Waals surface area contributed by atoms with Gasteiger partial charge in [-0.3, -0.25) is 25.2 Å². The number of alkyl halides is 3. The lowest BCUT2D eigenvalue weighted by Crippen LogP contribution is -2.53. The minimum Gasteiger partial charge on any atom is -0.465 e. The summed E-state index contributed by atoms with van der Waals surface area (Å²) in [4.78, 5) is 37.7. The highest BCUT2D eigenvalue weighted by atomic mass is 28.3. The fraction of sp³-hybridized carbons (Fsp3) is 0.842. The number of halogens is 3. The van der Waals surface area contributed by atoms with Gasteiger partial charge in [0.2, 0.25) is 11.8 Å². The second-order valence-corrected chi connectivity index (χ2v) is 15.6. The van der Waals surface area contributed by atoms with E-state index in [4.69, 9.17) is 4.74 Å². The van der Waals surface area contributed by atoms with E-state index in [1.807, 2.05) is 0 Å². The molecule has 0 aromatic heterocycles. The zero-order valence-electron chi connectivity index (χ0n) is 18.3. The maximum absolute atomic E-state index is 12.5. The molecule has 0 aromatic rings. The van der Waals surface area contributed by atoms with Crippen molar-refractivity contribution in [2.75, 3.05) is 6.54 Å². The molecular formula is C19H30F3N3O6Si. The van der Waals surface area contributed by atoms with Crippen molar-refractivity contribution < 1.29 is 42.1 Å². The zero-order valence-corrected chi connectivity index (χ0v) is 19.3. The Balaban J connectivity index is 1.43. The van der Waals surface area contributed by atoms with Gasteiger partial charge in [-0.25, -0.2) is 4.79 Å².